The molecule has 0 aromatic heterocycles. The highest BCUT2D eigenvalue weighted by molar-refractivity contribution is 4.69. The molecule has 74 valence electrons. The highest BCUT2D eigenvalue weighted by atomic mass is 16.2. The van der Waals surface area contributed by atoms with Gasteiger partial charge in [0.25, 0.3) is 0 Å². The molecular formula is C10H23NO. The van der Waals surface area contributed by atoms with Gasteiger partial charge in [0.15, 0.2) is 0 Å². The molecule has 0 aliphatic rings. The number of aliphatic hydroxyl groups is 1. The summed E-state index contributed by atoms with van der Waals surface area (Å²) < 4.78 is 0. The summed E-state index contributed by atoms with van der Waals surface area (Å²) in [6.07, 6.45) is 1.96. The van der Waals surface area contributed by atoms with E-state index in [1.807, 2.05) is 0 Å². The van der Waals surface area contributed by atoms with Crippen molar-refractivity contribution in [3.05, 3.63) is 0 Å². The zero-order valence-electron chi connectivity index (χ0n) is 8.80. The molecule has 0 aliphatic carbocycles. The third-order valence-electron chi connectivity index (χ3n) is 2.34. The summed E-state index contributed by atoms with van der Waals surface area (Å²) in [5.41, 5.74) is 0. The molecule has 0 aromatic carbocycles. The number of rotatable bonds is 6. The van der Waals surface area contributed by atoms with Gasteiger partial charge >= 0.3 is 0 Å². The standard InChI is InChI=1S/C10H23NO/c1-8(2)10(4)11-9(3)6-5-7-12/h8-12H,5-7H2,1-4H3. The second-order valence-electron chi connectivity index (χ2n) is 3.97. The van der Waals surface area contributed by atoms with E-state index >= 15 is 0 Å². The maximum Gasteiger partial charge on any atom is 0.0431 e. The van der Waals surface area contributed by atoms with Gasteiger partial charge in [-0.2, -0.15) is 0 Å². The molecule has 0 aromatic rings. The summed E-state index contributed by atoms with van der Waals surface area (Å²) in [5.74, 6) is 0.682. The Kier molecular flexibility index (Phi) is 6.39. The second kappa shape index (κ2) is 6.44. The van der Waals surface area contributed by atoms with Crippen molar-refractivity contribution >= 4 is 0 Å². The van der Waals surface area contributed by atoms with Crippen LogP contribution in [-0.2, 0) is 0 Å². The van der Waals surface area contributed by atoms with Crippen LogP contribution in [0.4, 0.5) is 0 Å². The zero-order valence-corrected chi connectivity index (χ0v) is 8.80. The first-order valence-corrected chi connectivity index (χ1v) is 4.94. The van der Waals surface area contributed by atoms with E-state index in [-0.39, 0.29) is 0 Å². The fourth-order valence-electron chi connectivity index (χ4n) is 1.12. The number of hydrogen-bond acceptors (Lipinski definition) is 2. The van der Waals surface area contributed by atoms with Gasteiger partial charge in [-0.1, -0.05) is 13.8 Å². The lowest BCUT2D eigenvalue weighted by Crippen LogP contribution is -2.37. The van der Waals surface area contributed by atoms with Crippen molar-refractivity contribution in [2.75, 3.05) is 6.61 Å². The third kappa shape index (κ3) is 5.56. The van der Waals surface area contributed by atoms with E-state index < -0.39 is 0 Å². The van der Waals surface area contributed by atoms with E-state index in [0.717, 1.165) is 12.8 Å². The van der Waals surface area contributed by atoms with Crippen molar-refractivity contribution in [3.63, 3.8) is 0 Å². The Labute approximate surface area is 76.4 Å². The predicted molar refractivity (Wildman–Crippen MR) is 53.2 cm³/mol. The van der Waals surface area contributed by atoms with E-state index in [4.69, 9.17) is 5.11 Å². The van der Waals surface area contributed by atoms with Crippen LogP contribution in [0.15, 0.2) is 0 Å². The van der Waals surface area contributed by atoms with Crippen LogP contribution in [0.3, 0.4) is 0 Å². The maximum absolute atomic E-state index is 8.63. The highest BCUT2D eigenvalue weighted by Crippen LogP contribution is 2.03. The molecule has 0 heterocycles. The van der Waals surface area contributed by atoms with Crippen LogP contribution in [0.1, 0.15) is 40.5 Å². The first-order valence-electron chi connectivity index (χ1n) is 4.94. The lowest BCUT2D eigenvalue weighted by molar-refractivity contribution is 0.270. The Morgan fingerprint density at radius 3 is 2.17 bits per heavy atom. The number of hydrogen-bond donors (Lipinski definition) is 2. The summed E-state index contributed by atoms with van der Waals surface area (Å²) in [7, 11) is 0. The molecule has 0 aliphatic heterocycles. The van der Waals surface area contributed by atoms with Gasteiger partial charge in [0, 0.05) is 18.7 Å². The van der Waals surface area contributed by atoms with E-state index in [1.165, 1.54) is 0 Å². The summed E-state index contributed by atoms with van der Waals surface area (Å²) in [6.45, 7) is 9.13. The molecule has 0 fully saturated rings. The van der Waals surface area contributed by atoms with Gasteiger partial charge in [-0.05, 0) is 32.6 Å². The molecule has 2 nitrogen and oxygen atoms in total. The summed E-state index contributed by atoms with van der Waals surface area (Å²) in [4.78, 5) is 0. The quantitative estimate of drug-likeness (QED) is 0.641. The molecule has 0 spiro atoms. The van der Waals surface area contributed by atoms with Crippen LogP contribution in [-0.4, -0.2) is 23.8 Å². The molecule has 0 amide bonds. The average molecular weight is 173 g/mol. The largest absolute Gasteiger partial charge is 0.396 e. The van der Waals surface area contributed by atoms with Crippen molar-refractivity contribution in [1.29, 1.82) is 0 Å². The molecule has 0 radical (unpaired) electrons. The summed E-state index contributed by atoms with van der Waals surface area (Å²) in [5, 5.41) is 12.1. The zero-order chi connectivity index (χ0) is 9.56. The molecule has 12 heavy (non-hydrogen) atoms. The smallest absolute Gasteiger partial charge is 0.0431 e. The normalized spacial score (nSPS) is 16.5. The molecule has 2 N–H and O–H groups in total. The van der Waals surface area contributed by atoms with Crippen molar-refractivity contribution in [1.82, 2.24) is 5.32 Å². The van der Waals surface area contributed by atoms with Gasteiger partial charge in [0.1, 0.15) is 0 Å². The Balaban J connectivity index is 3.47. The van der Waals surface area contributed by atoms with Crippen LogP contribution < -0.4 is 5.32 Å². The Morgan fingerprint density at radius 1 is 1.17 bits per heavy atom. The van der Waals surface area contributed by atoms with Gasteiger partial charge in [-0.15, -0.1) is 0 Å². The van der Waals surface area contributed by atoms with Crippen LogP contribution in [0, 0.1) is 5.92 Å². The SMILES string of the molecule is CC(CCCO)NC(C)C(C)C. The van der Waals surface area contributed by atoms with Crippen molar-refractivity contribution in [3.8, 4) is 0 Å². The van der Waals surface area contributed by atoms with Crippen LogP contribution >= 0.6 is 0 Å². The first-order chi connectivity index (χ1) is 5.57. The fraction of sp³-hybridized carbons (Fsp3) is 1.00. The third-order valence-corrected chi connectivity index (χ3v) is 2.34. The molecule has 0 saturated carbocycles. The molecule has 2 heteroatoms. The molecule has 0 rings (SSSR count). The molecule has 2 unspecified atom stereocenters. The van der Waals surface area contributed by atoms with E-state index in [0.29, 0.717) is 24.6 Å². The van der Waals surface area contributed by atoms with Crippen molar-refractivity contribution in [2.24, 2.45) is 5.92 Å². The fourth-order valence-corrected chi connectivity index (χ4v) is 1.12. The topological polar surface area (TPSA) is 32.3 Å². The van der Waals surface area contributed by atoms with Crippen molar-refractivity contribution in [2.45, 2.75) is 52.6 Å². The van der Waals surface area contributed by atoms with E-state index in [9.17, 15) is 0 Å². The Morgan fingerprint density at radius 2 is 1.75 bits per heavy atom. The minimum atomic E-state index is 0.308. The van der Waals surface area contributed by atoms with Crippen LogP contribution in [0.25, 0.3) is 0 Å². The van der Waals surface area contributed by atoms with Crippen LogP contribution in [0.5, 0.6) is 0 Å². The molecule has 0 saturated heterocycles. The van der Waals surface area contributed by atoms with Gasteiger partial charge in [-0.3, -0.25) is 0 Å². The predicted octanol–water partition coefficient (Wildman–Crippen LogP) is 1.78. The number of aliphatic hydroxyl groups excluding tert-OH is 1. The van der Waals surface area contributed by atoms with Crippen LogP contribution in [0.2, 0.25) is 0 Å². The average Bonchev–Trinajstić information content (AvgIpc) is 2.00. The maximum atomic E-state index is 8.63. The van der Waals surface area contributed by atoms with Gasteiger partial charge in [0.05, 0.1) is 0 Å². The lowest BCUT2D eigenvalue weighted by atomic mass is 10.0. The van der Waals surface area contributed by atoms with Gasteiger partial charge in [0.2, 0.25) is 0 Å². The Bertz CT molecular complexity index is 104. The minimum Gasteiger partial charge on any atom is -0.396 e. The lowest BCUT2D eigenvalue weighted by Gasteiger charge is -2.22. The molecule has 0 bridgehead atoms. The summed E-state index contributed by atoms with van der Waals surface area (Å²) >= 11 is 0. The van der Waals surface area contributed by atoms with E-state index in [2.05, 4.69) is 33.0 Å². The highest BCUT2D eigenvalue weighted by Gasteiger charge is 2.09. The summed E-state index contributed by atoms with van der Waals surface area (Å²) in [6, 6.07) is 1.09. The number of nitrogens with one attached hydrogen (secondary N) is 1. The molecule has 2 atom stereocenters. The molecular weight excluding hydrogens is 150 g/mol. The second-order valence-corrected chi connectivity index (χ2v) is 3.97. The Hall–Kier alpha value is -0.0800. The van der Waals surface area contributed by atoms with Crippen molar-refractivity contribution < 1.29 is 5.11 Å². The van der Waals surface area contributed by atoms with Gasteiger partial charge < -0.3 is 10.4 Å². The monoisotopic (exact) mass is 173 g/mol. The minimum absolute atomic E-state index is 0.308. The van der Waals surface area contributed by atoms with E-state index in [1.54, 1.807) is 0 Å². The first kappa shape index (κ1) is 11.9. The van der Waals surface area contributed by atoms with Gasteiger partial charge in [-0.25, -0.2) is 0 Å².